The van der Waals surface area contributed by atoms with E-state index in [9.17, 15) is 4.79 Å². The summed E-state index contributed by atoms with van der Waals surface area (Å²) in [6.07, 6.45) is 0. The molecule has 1 amide bonds. The Morgan fingerprint density at radius 3 is 2.75 bits per heavy atom. The van der Waals surface area contributed by atoms with Crippen molar-refractivity contribution in [3.8, 4) is 0 Å². The molecule has 1 rings (SSSR count). The van der Waals surface area contributed by atoms with E-state index < -0.39 is 0 Å². The molecule has 0 saturated heterocycles. The molecular weight excluding hydrogens is 204 g/mol. The number of aryl methyl sites for hydroxylation is 2. The van der Waals surface area contributed by atoms with Crippen molar-refractivity contribution in [3.05, 3.63) is 29.1 Å². The van der Waals surface area contributed by atoms with Crippen molar-refractivity contribution >= 4 is 5.91 Å². The first-order valence-corrected chi connectivity index (χ1v) is 5.38. The Morgan fingerprint density at radius 2 is 2.19 bits per heavy atom. The van der Waals surface area contributed by atoms with Gasteiger partial charge in [0.2, 0.25) is 0 Å². The Bertz CT molecular complexity index is 377. The Labute approximate surface area is 95.7 Å². The van der Waals surface area contributed by atoms with Gasteiger partial charge in [-0.3, -0.25) is 9.78 Å². The Hall–Kier alpha value is -1.42. The summed E-state index contributed by atoms with van der Waals surface area (Å²) < 4.78 is 0. The molecule has 2 N–H and O–H groups in total. The summed E-state index contributed by atoms with van der Waals surface area (Å²) in [5.41, 5.74) is 2.22. The van der Waals surface area contributed by atoms with Gasteiger partial charge in [0, 0.05) is 18.8 Å². The highest BCUT2D eigenvalue weighted by Crippen LogP contribution is 2.06. The molecule has 4 heteroatoms. The van der Waals surface area contributed by atoms with Crippen molar-refractivity contribution in [2.24, 2.45) is 5.92 Å². The van der Waals surface area contributed by atoms with Gasteiger partial charge in [-0.2, -0.15) is 0 Å². The quantitative estimate of drug-likeness (QED) is 0.800. The maximum absolute atomic E-state index is 11.8. The fourth-order valence-electron chi connectivity index (χ4n) is 1.35. The molecule has 1 unspecified atom stereocenters. The largest absolute Gasteiger partial charge is 0.396 e. The fraction of sp³-hybridized carbons (Fsp3) is 0.500. The lowest BCUT2D eigenvalue weighted by molar-refractivity contribution is 0.0941. The molecule has 1 heterocycles. The van der Waals surface area contributed by atoms with Crippen LogP contribution in [-0.4, -0.2) is 29.1 Å². The third kappa shape index (κ3) is 3.31. The van der Waals surface area contributed by atoms with E-state index >= 15 is 0 Å². The summed E-state index contributed by atoms with van der Waals surface area (Å²) in [5, 5.41) is 11.6. The predicted molar refractivity (Wildman–Crippen MR) is 62.3 cm³/mol. The summed E-state index contributed by atoms with van der Waals surface area (Å²) in [6.45, 7) is 6.13. The van der Waals surface area contributed by atoms with E-state index in [1.165, 1.54) is 0 Å². The highest BCUT2D eigenvalue weighted by atomic mass is 16.3. The van der Waals surface area contributed by atoms with Crippen molar-refractivity contribution in [1.29, 1.82) is 0 Å². The zero-order chi connectivity index (χ0) is 12.1. The van der Waals surface area contributed by atoms with Crippen molar-refractivity contribution < 1.29 is 9.90 Å². The van der Waals surface area contributed by atoms with Crippen LogP contribution in [0, 0.1) is 19.8 Å². The van der Waals surface area contributed by atoms with E-state index in [1.54, 1.807) is 6.07 Å². The monoisotopic (exact) mass is 222 g/mol. The molecule has 0 saturated carbocycles. The van der Waals surface area contributed by atoms with Crippen LogP contribution in [0.25, 0.3) is 0 Å². The first kappa shape index (κ1) is 12.6. The number of aliphatic hydroxyl groups excluding tert-OH is 1. The van der Waals surface area contributed by atoms with Gasteiger partial charge in [0.15, 0.2) is 0 Å². The minimum Gasteiger partial charge on any atom is -0.396 e. The number of hydrogen-bond donors (Lipinski definition) is 2. The van der Waals surface area contributed by atoms with E-state index in [0.717, 1.165) is 11.4 Å². The molecule has 1 aromatic heterocycles. The zero-order valence-electron chi connectivity index (χ0n) is 9.95. The number of amides is 1. The maximum atomic E-state index is 11.8. The first-order chi connectivity index (χ1) is 7.54. The minimum absolute atomic E-state index is 0.0719. The second-order valence-corrected chi connectivity index (χ2v) is 4.08. The first-order valence-electron chi connectivity index (χ1n) is 5.38. The lowest BCUT2D eigenvalue weighted by Gasteiger charge is -2.10. The number of aromatic nitrogens is 1. The third-order valence-corrected chi connectivity index (χ3v) is 2.39. The molecule has 4 nitrogen and oxygen atoms in total. The van der Waals surface area contributed by atoms with Crippen molar-refractivity contribution in [2.75, 3.05) is 13.2 Å². The van der Waals surface area contributed by atoms with Gasteiger partial charge in [-0.25, -0.2) is 0 Å². The van der Waals surface area contributed by atoms with Crippen LogP contribution in [0.1, 0.15) is 28.7 Å². The molecule has 0 fully saturated rings. The van der Waals surface area contributed by atoms with Crippen LogP contribution in [-0.2, 0) is 0 Å². The Balaban J connectivity index is 2.66. The van der Waals surface area contributed by atoms with E-state index in [0.29, 0.717) is 12.1 Å². The van der Waals surface area contributed by atoms with Gasteiger partial charge < -0.3 is 10.4 Å². The van der Waals surface area contributed by atoms with Crippen LogP contribution in [0.2, 0.25) is 0 Å². The standard InChI is InChI=1S/C12H18N2O2/c1-8(7-15)6-13-12(16)11-5-4-9(2)14-10(11)3/h4-5,8,15H,6-7H2,1-3H3,(H,13,16). The molecular formula is C12H18N2O2. The van der Waals surface area contributed by atoms with Gasteiger partial charge in [0.05, 0.1) is 11.3 Å². The van der Waals surface area contributed by atoms with Crippen molar-refractivity contribution in [1.82, 2.24) is 10.3 Å². The summed E-state index contributed by atoms with van der Waals surface area (Å²) in [7, 11) is 0. The molecule has 0 aliphatic carbocycles. The molecule has 16 heavy (non-hydrogen) atoms. The number of carbonyl (C=O) groups excluding carboxylic acids is 1. The van der Waals surface area contributed by atoms with Crippen LogP contribution < -0.4 is 5.32 Å². The average Bonchev–Trinajstić information content (AvgIpc) is 2.25. The van der Waals surface area contributed by atoms with E-state index in [1.807, 2.05) is 26.8 Å². The lowest BCUT2D eigenvalue weighted by atomic mass is 10.1. The lowest BCUT2D eigenvalue weighted by Crippen LogP contribution is -2.30. The van der Waals surface area contributed by atoms with Crippen LogP contribution in [0.15, 0.2) is 12.1 Å². The number of rotatable bonds is 4. The van der Waals surface area contributed by atoms with Gasteiger partial charge in [0.1, 0.15) is 0 Å². The second kappa shape index (κ2) is 5.61. The normalized spacial score (nSPS) is 12.2. The highest BCUT2D eigenvalue weighted by Gasteiger charge is 2.10. The van der Waals surface area contributed by atoms with E-state index in [-0.39, 0.29) is 18.4 Å². The average molecular weight is 222 g/mol. The summed E-state index contributed by atoms with van der Waals surface area (Å²) >= 11 is 0. The van der Waals surface area contributed by atoms with Gasteiger partial charge >= 0.3 is 0 Å². The number of carbonyl (C=O) groups is 1. The van der Waals surface area contributed by atoms with Crippen LogP contribution in [0.5, 0.6) is 0 Å². The predicted octanol–water partition coefficient (Wildman–Crippen LogP) is 1.06. The summed E-state index contributed by atoms with van der Waals surface area (Å²) in [6, 6.07) is 3.59. The van der Waals surface area contributed by atoms with E-state index in [4.69, 9.17) is 5.11 Å². The second-order valence-electron chi connectivity index (χ2n) is 4.08. The molecule has 0 aliphatic rings. The molecule has 88 valence electrons. The molecule has 0 radical (unpaired) electrons. The van der Waals surface area contributed by atoms with Crippen LogP contribution >= 0.6 is 0 Å². The Kier molecular flexibility index (Phi) is 4.43. The minimum atomic E-state index is -0.134. The number of hydrogen-bond acceptors (Lipinski definition) is 3. The van der Waals surface area contributed by atoms with Gasteiger partial charge in [-0.1, -0.05) is 6.92 Å². The van der Waals surface area contributed by atoms with E-state index in [2.05, 4.69) is 10.3 Å². The molecule has 0 spiro atoms. The number of pyridine rings is 1. The SMILES string of the molecule is Cc1ccc(C(=O)NCC(C)CO)c(C)n1. The van der Waals surface area contributed by atoms with Crippen LogP contribution in [0.4, 0.5) is 0 Å². The van der Waals surface area contributed by atoms with Crippen LogP contribution in [0.3, 0.4) is 0 Å². The number of nitrogens with zero attached hydrogens (tertiary/aromatic N) is 1. The van der Waals surface area contributed by atoms with Crippen molar-refractivity contribution in [3.63, 3.8) is 0 Å². The molecule has 1 atom stereocenters. The molecule has 1 aromatic rings. The molecule has 0 aliphatic heterocycles. The third-order valence-electron chi connectivity index (χ3n) is 2.39. The summed E-state index contributed by atoms with van der Waals surface area (Å²) in [5.74, 6) is -0.0621. The van der Waals surface area contributed by atoms with Crippen molar-refractivity contribution in [2.45, 2.75) is 20.8 Å². The molecule has 0 aromatic carbocycles. The maximum Gasteiger partial charge on any atom is 0.253 e. The Morgan fingerprint density at radius 1 is 1.50 bits per heavy atom. The van der Waals surface area contributed by atoms with Gasteiger partial charge in [-0.05, 0) is 31.9 Å². The highest BCUT2D eigenvalue weighted by molar-refractivity contribution is 5.95. The topological polar surface area (TPSA) is 62.2 Å². The van der Waals surface area contributed by atoms with Gasteiger partial charge in [-0.15, -0.1) is 0 Å². The molecule has 0 bridgehead atoms. The number of aliphatic hydroxyl groups is 1. The number of nitrogens with one attached hydrogen (secondary N) is 1. The smallest absolute Gasteiger partial charge is 0.253 e. The fourth-order valence-corrected chi connectivity index (χ4v) is 1.35. The van der Waals surface area contributed by atoms with Gasteiger partial charge in [0.25, 0.3) is 5.91 Å². The summed E-state index contributed by atoms with van der Waals surface area (Å²) in [4.78, 5) is 16.0. The zero-order valence-corrected chi connectivity index (χ0v) is 9.95.